The Kier molecular flexibility index (Phi) is 4.18. The molecule has 6 nitrogen and oxygen atoms in total. The number of hydrogen-bond donors (Lipinski definition) is 2. The average Bonchev–Trinajstić information content (AvgIpc) is 2.26. The first kappa shape index (κ1) is 14.0. The van der Waals surface area contributed by atoms with E-state index in [1.807, 2.05) is 6.07 Å². The minimum absolute atomic E-state index is 0.128. The normalized spacial score (nSPS) is 17.7. The van der Waals surface area contributed by atoms with Gasteiger partial charge in [-0.3, -0.25) is 4.79 Å². The van der Waals surface area contributed by atoms with Crippen LogP contribution >= 0.6 is 0 Å². The van der Waals surface area contributed by atoms with Crippen molar-refractivity contribution in [2.24, 2.45) is 0 Å². The zero-order valence-electron chi connectivity index (χ0n) is 10.3. The van der Waals surface area contributed by atoms with Crippen molar-refractivity contribution in [3.8, 4) is 0 Å². The molecule has 1 atom stereocenters. The van der Waals surface area contributed by atoms with Crippen molar-refractivity contribution in [3.63, 3.8) is 0 Å². The van der Waals surface area contributed by atoms with Crippen molar-refractivity contribution < 1.29 is 18.3 Å². The van der Waals surface area contributed by atoms with Gasteiger partial charge in [0.2, 0.25) is 0 Å². The molecule has 1 saturated heterocycles. The lowest BCUT2D eigenvalue weighted by Gasteiger charge is -2.30. The van der Waals surface area contributed by atoms with E-state index in [-0.39, 0.29) is 6.42 Å². The lowest BCUT2D eigenvalue weighted by Crippen LogP contribution is -2.53. The molecule has 0 aliphatic carbocycles. The number of carboxylic acids is 1. The van der Waals surface area contributed by atoms with Gasteiger partial charge in [0.15, 0.2) is 0 Å². The fourth-order valence-electron chi connectivity index (χ4n) is 1.81. The summed E-state index contributed by atoms with van der Waals surface area (Å²) in [5.41, 5.74) is 0.779. The monoisotopic (exact) mass is 284 g/mol. The maximum Gasteiger partial charge on any atom is 0.322 e. The van der Waals surface area contributed by atoms with Crippen LogP contribution in [0.25, 0.3) is 0 Å². The van der Waals surface area contributed by atoms with Crippen LogP contribution in [0.3, 0.4) is 0 Å². The van der Waals surface area contributed by atoms with Gasteiger partial charge < -0.3 is 5.11 Å². The van der Waals surface area contributed by atoms with Crippen molar-refractivity contribution >= 4 is 16.2 Å². The summed E-state index contributed by atoms with van der Waals surface area (Å²) in [6.45, 7) is 0.903. The van der Waals surface area contributed by atoms with E-state index in [4.69, 9.17) is 5.11 Å². The Morgan fingerprint density at radius 3 is 2.42 bits per heavy atom. The van der Waals surface area contributed by atoms with Gasteiger partial charge in [-0.2, -0.15) is 17.4 Å². The third-order valence-electron chi connectivity index (χ3n) is 3.03. The van der Waals surface area contributed by atoms with Gasteiger partial charge in [-0.1, -0.05) is 30.3 Å². The van der Waals surface area contributed by atoms with Gasteiger partial charge in [0, 0.05) is 13.1 Å². The number of nitrogens with zero attached hydrogens (tertiary/aromatic N) is 1. The van der Waals surface area contributed by atoms with Gasteiger partial charge in [0.1, 0.15) is 6.04 Å². The van der Waals surface area contributed by atoms with E-state index in [1.54, 1.807) is 24.3 Å². The van der Waals surface area contributed by atoms with Crippen LogP contribution < -0.4 is 4.72 Å². The second kappa shape index (κ2) is 5.68. The fraction of sp³-hybridized carbons (Fsp3) is 0.417. The van der Waals surface area contributed by atoms with Crippen LogP contribution in [0.4, 0.5) is 0 Å². The third-order valence-corrected chi connectivity index (χ3v) is 4.65. The number of rotatable bonds is 6. The molecule has 1 fully saturated rings. The summed E-state index contributed by atoms with van der Waals surface area (Å²) in [6.07, 6.45) is 0.945. The fourth-order valence-corrected chi connectivity index (χ4v) is 3.24. The molecular formula is C12H16N2O4S. The minimum Gasteiger partial charge on any atom is -0.480 e. The van der Waals surface area contributed by atoms with Crippen molar-refractivity contribution in [1.29, 1.82) is 0 Å². The largest absolute Gasteiger partial charge is 0.480 e. The Labute approximate surface area is 112 Å². The molecule has 1 heterocycles. The van der Waals surface area contributed by atoms with Crippen molar-refractivity contribution in [2.45, 2.75) is 18.9 Å². The van der Waals surface area contributed by atoms with Crippen LogP contribution in [-0.2, 0) is 21.4 Å². The topological polar surface area (TPSA) is 86.7 Å². The van der Waals surface area contributed by atoms with E-state index >= 15 is 0 Å². The van der Waals surface area contributed by atoms with Crippen LogP contribution in [0.1, 0.15) is 12.0 Å². The maximum absolute atomic E-state index is 11.9. The number of hydrogen-bond acceptors (Lipinski definition) is 3. The predicted octanol–water partition coefficient (Wildman–Crippen LogP) is 0.222. The first-order valence-corrected chi connectivity index (χ1v) is 7.47. The van der Waals surface area contributed by atoms with Gasteiger partial charge in [-0.15, -0.1) is 0 Å². The minimum atomic E-state index is -3.69. The molecule has 0 amide bonds. The van der Waals surface area contributed by atoms with Crippen LogP contribution in [0.5, 0.6) is 0 Å². The number of aliphatic carboxylic acids is 1. The van der Waals surface area contributed by atoms with E-state index in [1.165, 1.54) is 4.31 Å². The Morgan fingerprint density at radius 1 is 1.32 bits per heavy atom. The quantitative estimate of drug-likeness (QED) is 0.782. The summed E-state index contributed by atoms with van der Waals surface area (Å²) >= 11 is 0. The Bertz CT molecular complexity index is 540. The first-order valence-electron chi connectivity index (χ1n) is 6.03. The molecule has 0 saturated carbocycles. The van der Waals surface area contributed by atoms with E-state index in [0.717, 1.165) is 12.0 Å². The highest BCUT2D eigenvalue weighted by molar-refractivity contribution is 7.87. The molecule has 1 aliphatic heterocycles. The highest BCUT2D eigenvalue weighted by atomic mass is 32.2. The lowest BCUT2D eigenvalue weighted by atomic mass is 10.1. The number of nitrogens with one attached hydrogen (secondary N) is 1. The molecule has 1 aromatic carbocycles. The molecule has 0 radical (unpaired) electrons. The molecule has 1 aliphatic rings. The maximum atomic E-state index is 11.9. The van der Waals surface area contributed by atoms with Crippen LogP contribution in [-0.4, -0.2) is 42.9 Å². The van der Waals surface area contributed by atoms with Crippen molar-refractivity contribution in [2.75, 3.05) is 13.1 Å². The summed E-state index contributed by atoms with van der Waals surface area (Å²) in [4.78, 5) is 11.2. The number of carbonyl (C=O) groups is 1. The van der Waals surface area contributed by atoms with E-state index in [2.05, 4.69) is 4.72 Å². The summed E-state index contributed by atoms with van der Waals surface area (Å²) in [5, 5.41) is 9.12. The molecule has 1 aromatic rings. The SMILES string of the molecule is O=C(O)[C@H](Cc1ccccc1)NS(=O)(=O)N1CCC1. The Hall–Kier alpha value is -1.44. The summed E-state index contributed by atoms with van der Waals surface area (Å²) < 4.78 is 27.2. The van der Waals surface area contributed by atoms with E-state index in [9.17, 15) is 13.2 Å². The molecule has 0 unspecified atom stereocenters. The molecule has 7 heteroatoms. The van der Waals surface area contributed by atoms with E-state index in [0.29, 0.717) is 13.1 Å². The zero-order valence-corrected chi connectivity index (χ0v) is 11.1. The molecule has 0 aromatic heterocycles. The highest BCUT2D eigenvalue weighted by Gasteiger charge is 2.32. The predicted molar refractivity (Wildman–Crippen MR) is 69.8 cm³/mol. The van der Waals surface area contributed by atoms with Crippen molar-refractivity contribution in [1.82, 2.24) is 9.03 Å². The van der Waals surface area contributed by atoms with Gasteiger partial charge in [-0.25, -0.2) is 0 Å². The lowest BCUT2D eigenvalue weighted by molar-refractivity contribution is -0.138. The zero-order chi connectivity index (χ0) is 13.9. The second-order valence-corrected chi connectivity index (χ2v) is 6.16. The van der Waals surface area contributed by atoms with Crippen LogP contribution in [0.2, 0.25) is 0 Å². The summed E-state index contributed by atoms with van der Waals surface area (Å²) in [6, 6.07) is 7.80. The summed E-state index contributed by atoms with van der Waals surface area (Å²) in [7, 11) is -3.69. The average molecular weight is 284 g/mol. The number of carboxylic acid groups (broad SMARTS) is 1. The molecule has 0 bridgehead atoms. The van der Waals surface area contributed by atoms with Crippen molar-refractivity contribution in [3.05, 3.63) is 35.9 Å². The Balaban J connectivity index is 2.06. The molecule has 104 valence electrons. The van der Waals surface area contributed by atoms with E-state index < -0.39 is 22.2 Å². The summed E-state index contributed by atoms with van der Waals surface area (Å²) in [5.74, 6) is -1.17. The molecule has 2 rings (SSSR count). The molecular weight excluding hydrogens is 268 g/mol. The van der Waals surface area contributed by atoms with Gasteiger partial charge in [0.25, 0.3) is 10.2 Å². The smallest absolute Gasteiger partial charge is 0.322 e. The first-order chi connectivity index (χ1) is 8.99. The standard InChI is InChI=1S/C12H16N2O4S/c15-12(16)11(9-10-5-2-1-3-6-10)13-19(17,18)14-7-4-8-14/h1-3,5-6,11,13H,4,7-9H2,(H,15,16)/t11-/m0/s1. The van der Waals surface area contributed by atoms with Gasteiger partial charge in [0.05, 0.1) is 0 Å². The molecule has 0 spiro atoms. The Morgan fingerprint density at radius 2 is 1.95 bits per heavy atom. The third kappa shape index (κ3) is 3.52. The second-order valence-electron chi connectivity index (χ2n) is 4.46. The van der Waals surface area contributed by atoms with Gasteiger partial charge in [-0.05, 0) is 18.4 Å². The van der Waals surface area contributed by atoms with Crippen LogP contribution in [0.15, 0.2) is 30.3 Å². The molecule has 19 heavy (non-hydrogen) atoms. The molecule has 2 N–H and O–H groups in total. The van der Waals surface area contributed by atoms with Crippen LogP contribution in [0, 0.1) is 0 Å². The van der Waals surface area contributed by atoms with Gasteiger partial charge >= 0.3 is 5.97 Å². The highest BCUT2D eigenvalue weighted by Crippen LogP contribution is 2.12. The number of benzene rings is 1.